The Kier molecular flexibility index (Phi) is 4.44. The van der Waals surface area contributed by atoms with E-state index in [0.717, 1.165) is 31.8 Å². The van der Waals surface area contributed by atoms with Gasteiger partial charge in [0.1, 0.15) is 0 Å². The molecule has 3 N–H and O–H groups in total. The lowest BCUT2D eigenvalue weighted by Crippen LogP contribution is -2.44. The van der Waals surface area contributed by atoms with Gasteiger partial charge in [-0.1, -0.05) is 6.92 Å². The van der Waals surface area contributed by atoms with Crippen LogP contribution in [0.5, 0.6) is 0 Å². The molecule has 2 rings (SSSR count). The van der Waals surface area contributed by atoms with Crippen LogP contribution in [0, 0.1) is 5.92 Å². The van der Waals surface area contributed by atoms with Crippen LogP contribution >= 0.6 is 0 Å². The van der Waals surface area contributed by atoms with Gasteiger partial charge in [-0.25, -0.2) is 0 Å². The highest BCUT2D eigenvalue weighted by Crippen LogP contribution is 2.15. The molecule has 2 aliphatic heterocycles. The molecule has 0 aliphatic carbocycles. The van der Waals surface area contributed by atoms with Gasteiger partial charge >= 0.3 is 0 Å². The van der Waals surface area contributed by atoms with E-state index in [4.69, 9.17) is 5.73 Å². The average Bonchev–Trinajstić information content (AvgIpc) is 2.37. The molecule has 0 spiro atoms. The molecule has 0 saturated carbocycles. The molecule has 102 valence electrons. The fourth-order valence-corrected chi connectivity index (χ4v) is 2.56. The van der Waals surface area contributed by atoms with E-state index in [0.29, 0.717) is 18.9 Å². The van der Waals surface area contributed by atoms with E-state index in [2.05, 4.69) is 22.1 Å². The van der Waals surface area contributed by atoms with Crippen molar-refractivity contribution in [1.29, 1.82) is 0 Å². The Morgan fingerprint density at radius 1 is 1.44 bits per heavy atom. The summed E-state index contributed by atoms with van der Waals surface area (Å²) >= 11 is 0. The number of nitrogens with zero attached hydrogens (tertiary/aromatic N) is 2. The third-order valence-corrected chi connectivity index (χ3v) is 3.90. The zero-order chi connectivity index (χ0) is 13.0. The van der Waals surface area contributed by atoms with Gasteiger partial charge in [-0.2, -0.15) is 0 Å². The predicted molar refractivity (Wildman–Crippen MR) is 72.2 cm³/mol. The number of piperidine rings is 2. The van der Waals surface area contributed by atoms with Crippen molar-refractivity contribution in [2.75, 3.05) is 19.6 Å². The molecular weight excluding hydrogens is 228 g/mol. The average molecular weight is 252 g/mol. The minimum absolute atomic E-state index is 0.145. The van der Waals surface area contributed by atoms with Crippen molar-refractivity contribution in [3.8, 4) is 0 Å². The number of nitrogens with one attached hydrogen (secondary N) is 1. The molecule has 0 radical (unpaired) electrons. The van der Waals surface area contributed by atoms with E-state index in [9.17, 15) is 4.79 Å². The monoisotopic (exact) mass is 252 g/mol. The van der Waals surface area contributed by atoms with E-state index in [1.165, 1.54) is 12.8 Å². The van der Waals surface area contributed by atoms with Gasteiger partial charge in [-0.3, -0.25) is 9.79 Å². The van der Waals surface area contributed by atoms with Crippen molar-refractivity contribution in [2.45, 2.75) is 45.1 Å². The number of guanidine groups is 1. The largest absolute Gasteiger partial charge is 0.370 e. The van der Waals surface area contributed by atoms with Gasteiger partial charge in [0, 0.05) is 25.6 Å². The summed E-state index contributed by atoms with van der Waals surface area (Å²) in [6, 6.07) is 0.175. The lowest BCUT2D eigenvalue weighted by Gasteiger charge is -2.31. The van der Waals surface area contributed by atoms with Crippen molar-refractivity contribution >= 4 is 11.9 Å². The number of hydrogen-bond donors (Lipinski definition) is 2. The highest BCUT2D eigenvalue weighted by Gasteiger charge is 2.19. The van der Waals surface area contributed by atoms with Gasteiger partial charge in [0.25, 0.3) is 0 Å². The molecule has 5 heteroatoms. The number of carbonyl (C=O) groups is 1. The first-order valence-electron chi connectivity index (χ1n) is 6.99. The van der Waals surface area contributed by atoms with Crippen LogP contribution in [0.2, 0.25) is 0 Å². The topological polar surface area (TPSA) is 70.7 Å². The van der Waals surface area contributed by atoms with E-state index < -0.39 is 0 Å². The number of carbonyl (C=O) groups excluding carboxylic acids is 1. The van der Waals surface area contributed by atoms with Crippen LogP contribution in [-0.2, 0) is 4.79 Å². The second-order valence-electron chi connectivity index (χ2n) is 5.53. The van der Waals surface area contributed by atoms with Crippen LogP contribution in [0.3, 0.4) is 0 Å². The Morgan fingerprint density at radius 2 is 2.17 bits per heavy atom. The van der Waals surface area contributed by atoms with Crippen LogP contribution in [-0.4, -0.2) is 42.4 Å². The number of likely N-dealkylation sites (tertiary alicyclic amines) is 1. The molecule has 18 heavy (non-hydrogen) atoms. The molecule has 0 aromatic rings. The Labute approximate surface area is 109 Å². The molecule has 1 amide bonds. The van der Waals surface area contributed by atoms with Gasteiger partial charge in [0.15, 0.2) is 5.96 Å². The molecule has 1 unspecified atom stereocenters. The first-order chi connectivity index (χ1) is 8.65. The van der Waals surface area contributed by atoms with Gasteiger partial charge < -0.3 is 16.0 Å². The smallest absolute Gasteiger partial charge is 0.220 e. The number of rotatable bonds is 2. The molecule has 0 aromatic heterocycles. The maximum absolute atomic E-state index is 11.3. The lowest BCUT2D eigenvalue weighted by molar-refractivity contribution is -0.123. The van der Waals surface area contributed by atoms with E-state index in [-0.39, 0.29) is 11.9 Å². The SMILES string of the molecule is CC1CCN(C(N)=NCC2CCCC(=O)N2)CC1. The Hall–Kier alpha value is -1.26. The van der Waals surface area contributed by atoms with Gasteiger partial charge in [-0.15, -0.1) is 0 Å². The van der Waals surface area contributed by atoms with Crippen molar-refractivity contribution < 1.29 is 4.79 Å². The summed E-state index contributed by atoms with van der Waals surface area (Å²) in [5, 5.41) is 2.96. The summed E-state index contributed by atoms with van der Waals surface area (Å²) in [7, 11) is 0. The van der Waals surface area contributed by atoms with E-state index >= 15 is 0 Å². The third kappa shape index (κ3) is 3.62. The molecule has 2 saturated heterocycles. The van der Waals surface area contributed by atoms with Gasteiger partial charge in [0.2, 0.25) is 5.91 Å². The molecule has 1 atom stereocenters. The third-order valence-electron chi connectivity index (χ3n) is 3.90. The molecule has 0 aromatic carbocycles. The number of amides is 1. The van der Waals surface area contributed by atoms with Crippen LogP contribution < -0.4 is 11.1 Å². The van der Waals surface area contributed by atoms with Crippen LogP contribution in [0.15, 0.2) is 4.99 Å². The highest BCUT2D eigenvalue weighted by molar-refractivity contribution is 5.79. The lowest BCUT2D eigenvalue weighted by atomic mass is 10.00. The van der Waals surface area contributed by atoms with E-state index in [1.54, 1.807) is 0 Å². The minimum atomic E-state index is 0.145. The summed E-state index contributed by atoms with van der Waals surface area (Å²) in [6.45, 7) is 4.91. The quantitative estimate of drug-likeness (QED) is 0.561. The Morgan fingerprint density at radius 3 is 2.83 bits per heavy atom. The zero-order valence-corrected chi connectivity index (χ0v) is 11.2. The molecule has 0 bridgehead atoms. The number of nitrogens with two attached hydrogens (primary N) is 1. The second kappa shape index (κ2) is 6.07. The van der Waals surface area contributed by atoms with Crippen molar-refractivity contribution in [2.24, 2.45) is 16.6 Å². The molecule has 5 nitrogen and oxygen atoms in total. The minimum Gasteiger partial charge on any atom is -0.370 e. The van der Waals surface area contributed by atoms with E-state index in [1.807, 2.05) is 0 Å². The predicted octanol–water partition coefficient (Wildman–Crippen LogP) is 0.702. The standard InChI is InChI=1S/C13H24N4O/c1-10-5-7-17(8-6-10)13(14)15-9-11-3-2-4-12(18)16-11/h10-11H,2-9H2,1H3,(H2,14,15)(H,16,18). The molecule has 2 heterocycles. The maximum Gasteiger partial charge on any atom is 0.220 e. The number of hydrogen-bond acceptors (Lipinski definition) is 2. The highest BCUT2D eigenvalue weighted by atomic mass is 16.1. The summed E-state index contributed by atoms with van der Waals surface area (Å²) < 4.78 is 0. The second-order valence-corrected chi connectivity index (χ2v) is 5.53. The van der Waals surface area contributed by atoms with Crippen LogP contribution in [0.1, 0.15) is 39.0 Å². The van der Waals surface area contributed by atoms with Crippen LogP contribution in [0.25, 0.3) is 0 Å². The zero-order valence-electron chi connectivity index (χ0n) is 11.2. The summed E-state index contributed by atoms with van der Waals surface area (Å²) in [4.78, 5) is 17.8. The summed E-state index contributed by atoms with van der Waals surface area (Å²) in [5.41, 5.74) is 6.01. The normalized spacial score (nSPS) is 27.2. The van der Waals surface area contributed by atoms with Crippen molar-refractivity contribution in [1.82, 2.24) is 10.2 Å². The Bertz CT molecular complexity index is 321. The Balaban J connectivity index is 1.79. The molecular formula is C13H24N4O. The maximum atomic E-state index is 11.3. The summed E-state index contributed by atoms with van der Waals surface area (Å²) in [5.74, 6) is 1.58. The van der Waals surface area contributed by atoms with Gasteiger partial charge in [0.05, 0.1) is 6.54 Å². The fourth-order valence-electron chi connectivity index (χ4n) is 2.56. The fraction of sp³-hybridized carbons (Fsp3) is 0.846. The molecule has 2 aliphatic rings. The first-order valence-corrected chi connectivity index (χ1v) is 6.99. The van der Waals surface area contributed by atoms with Gasteiger partial charge in [-0.05, 0) is 31.6 Å². The number of aliphatic imine (C=N–C) groups is 1. The summed E-state index contributed by atoms with van der Waals surface area (Å²) in [6.07, 6.45) is 5.01. The van der Waals surface area contributed by atoms with Crippen molar-refractivity contribution in [3.05, 3.63) is 0 Å². The first kappa shape index (κ1) is 13.2. The molecule has 2 fully saturated rings. The van der Waals surface area contributed by atoms with Crippen molar-refractivity contribution in [3.63, 3.8) is 0 Å². The van der Waals surface area contributed by atoms with Crippen LogP contribution in [0.4, 0.5) is 0 Å².